The molecule has 1 unspecified atom stereocenters. The highest BCUT2D eigenvalue weighted by Gasteiger charge is 2.13. The molecule has 2 rings (SSSR count). The van der Waals surface area contributed by atoms with Gasteiger partial charge in [0.2, 0.25) is 0 Å². The van der Waals surface area contributed by atoms with Crippen LogP contribution in [0.2, 0.25) is 0 Å². The normalized spacial score (nSPS) is 20.6. The van der Waals surface area contributed by atoms with E-state index in [9.17, 15) is 4.79 Å². The van der Waals surface area contributed by atoms with Crippen molar-refractivity contribution in [2.24, 2.45) is 5.92 Å². The Bertz CT molecular complexity index is 371. The minimum absolute atomic E-state index is 0.172. The maximum atomic E-state index is 11.2. The molecule has 0 aromatic carbocycles. The highest BCUT2D eigenvalue weighted by Crippen LogP contribution is 2.13. The fourth-order valence-electron chi connectivity index (χ4n) is 1.93. The lowest BCUT2D eigenvalue weighted by Crippen LogP contribution is -2.30. The lowest BCUT2D eigenvalue weighted by molar-refractivity contribution is 0.244. The van der Waals surface area contributed by atoms with Crippen LogP contribution in [0.1, 0.15) is 19.3 Å². The van der Waals surface area contributed by atoms with Crippen molar-refractivity contribution in [3.8, 4) is 5.88 Å². The summed E-state index contributed by atoms with van der Waals surface area (Å²) in [6.45, 7) is 2.74. The minimum Gasteiger partial charge on any atom is -0.474 e. The SMILES string of the molecule is O=c1[nH]ccnc1OCCC1CCCNC1. The quantitative estimate of drug-likeness (QED) is 0.781. The summed E-state index contributed by atoms with van der Waals surface area (Å²) in [7, 11) is 0. The summed E-state index contributed by atoms with van der Waals surface area (Å²) < 4.78 is 5.36. The third-order valence-electron chi connectivity index (χ3n) is 2.84. The fourth-order valence-corrected chi connectivity index (χ4v) is 1.93. The molecule has 1 aliphatic rings. The van der Waals surface area contributed by atoms with Gasteiger partial charge < -0.3 is 15.0 Å². The number of hydrogen-bond donors (Lipinski definition) is 2. The van der Waals surface area contributed by atoms with Gasteiger partial charge in [-0.3, -0.25) is 4.79 Å². The number of hydrogen-bond acceptors (Lipinski definition) is 4. The van der Waals surface area contributed by atoms with Crippen LogP contribution in [-0.4, -0.2) is 29.7 Å². The van der Waals surface area contributed by atoms with E-state index in [1.165, 1.54) is 25.2 Å². The van der Waals surface area contributed by atoms with E-state index in [4.69, 9.17) is 4.74 Å². The van der Waals surface area contributed by atoms with Gasteiger partial charge in [-0.2, -0.15) is 0 Å². The molecule has 0 saturated carbocycles. The third kappa shape index (κ3) is 3.06. The van der Waals surface area contributed by atoms with E-state index in [1.807, 2.05) is 0 Å². The minimum atomic E-state index is -0.260. The summed E-state index contributed by atoms with van der Waals surface area (Å²) in [6, 6.07) is 0. The average Bonchev–Trinajstić information content (AvgIpc) is 2.33. The van der Waals surface area contributed by atoms with Crippen LogP contribution in [0, 0.1) is 5.92 Å². The standard InChI is InChI=1S/C11H17N3O2/c15-10-11(14-6-5-13-10)16-7-3-9-2-1-4-12-8-9/h5-6,9,12H,1-4,7-8H2,(H,13,15). The van der Waals surface area contributed by atoms with Crippen LogP contribution in [0.5, 0.6) is 5.88 Å². The van der Waals surface area contributed by atoms with E-state index in [-0.39, 0.29) is 11.4 Å². The van der Waals surface area contributed by atoms with Gasteiger partial charge in [-0.05, 0) is 38.3 Å². The Hall–Kier alpha value is -1.36. The lowest BCUT2D eigenvalue weighted by atomic mass is 9.97. The van der Waals surface area contributed by atoms with Crippen LogP contribution in [0.25, 0.3) is 0 Å². The molecule has 2 heterocycles. The summed E-state index contributed by atoms with van der Waals surface area (Å²) >= 11 is 0. The molecule has 1 aromatic rings. The lowest BCUT2D eigenvalue weighted by Gasteiger charge is -2.22. The molecular formula is C11H17N3O2. The van der Waals surface area contributed by atoms with Crippen molar-refractivity contribution >= 4 is 0 Å². The Morgan fingerprint density at radius 3 is 3.25 bits per heavy atom. The van der Waals surface area contributed by atoms with E-state index in [2.05, 4.69) is 15.3 Å². The largest absolute Gasteiger partial charge is 0.474 e. The number of rotatable bonds is 4. The summed E-state index contributed by atoms with van der Waals surface area (Å²) in [6.07, 6.45) is 6.48. The van der Waals surface area contributed by atoms with E-state index in [0.717, 1.165) is 19.5 Å². The molecule has 1 fully saturated rings. The number of aromatic amines is 1. The van der Waals surface area contributed by atoms with Gasteiger partial charge in [0.1, 0.15) is 0 Å². The molecule has 0 bridgehead atoms. The topological polar surface area (TPSA) is 67.0 Å². The van der Waals surface area contributed by atoms with Crippen LogP contribution < -0.4 is 15.6 Å². The monoisotopic (exact) mass is 223 g/mol. The van der Waals surface area contributed by atoms with Crippen molar-refractivity contribution in [1.29, 1.82) is 0 Å². The van der Waals surface area contributed by atoms with Gasteiger partial charge in [0.15, 0.2) is 0 Å². The van der Waals surface area contributed by atoms with Crippen LogP contribution in [0.15, 0.2) is 17.2 Å². The maximum absolute atomic E-state index is 11.2. The van der Waals surface area contributed by atoms with Crippen molar-refractivity contribution in [3.63, 3.8) is 0 Å². The highest BCUT2D eigenvalue weighted by molar-refractivity contribution is 5.01. The maximum Gasteiger partial charge on any atom is 0.310 e. The van der Waals surface area contributed by atoms with Gasteiger partial charge in [-0.25, -0.2) is 4.98 Å². The zero-order valence-electron chi connectivity index (χ0n) is 9.24. The molecule has 16 heavy (non-hydrogen) atoms. The third-order valence-corrected chi connectivity index (χ3v) is 2.84. The first kappa shape index (κ1) is 11.1. The second-order valence-corrected chi connectivity index (χ2v) is 4.07. The molecular weight excluding hydrogens is 206 g/mol. The van der Waals surface area contributed by atoms with Gasteiger partial charge in [0, 0.05) is 12.4 Å². The molecule has 1 aromatic heterocycles. The van der Waals surface area contributed by atoms with E-state index >= 15 is 0 Å². The second kappa shape index (κ2) is 5.65. The number of H-pyrrole nitrogens is 1. The van der Waals surface area contributed by atoms with Gasteiger partial charge in [-0.15, -0.1) is 0 Å². The van der Waals surface area contributed by atoms with Crippen molar-refractivity contribution < 1.29 is 4.74 Å². The Balaban J connectivity index is 1.75. The summed E-state index contributed by atoms with van der Waals surface area (Å²) in [5.74, 6) is 0.836. The first-order valence-electron chi connectivity index (χ1n) is 5.73. The van der Waals surface area contributed by atoms with Crippen LogP contribution >= 0.6 is 0 Å². The van der Waals surface area contributed by atoms with Crippen molar-refractivity contribution in [1.82, 2.24) is 15.3 Å². The fraction of sp³-hybridized carbons (Fsp3) is 0.636. The molecule has 1 aliphatic heterocycles. The average molecular weight is 223 g/mol. The second-order valence-electron chi connectivity index (χ2n) is 4.07. The van der Waals surface area contributed by atoms with Gasteiger partial charge >= 0.3 is 5.56 Å². The number of nitrogens with one attached hydrogen (secondary N) is 2. The molecule has 5 nitrogen and oxygen atoms in total. The molecule has 0 spiro atoms. The smallest absolute Gasteiger partial charge is 0.310 e. The van der Waals surface area contributed by atoms with Crippen molar-refractivity contribution in [3.05, 3.63) is 22.7 Å². The summed E-state index contributed by atoms with van der Waals surface area (Å²) in [5.41, 5.74) is -0.260. The van der Waals surface area contributed by atoms with E-state index < -0.39 is 0 Å². The van der Waals surface area contributed by atoms with Gasteiger partial charge in [0.05, 0.1) is 6.61 Å². The highest BCUT2D eigenvalue weighted by atomic mass is 16.5. The predicted molar refractivity (Wildman–Crippen MR) is 60.6 cm³/mol. The number of aromatic nitrogens is 2. The predicted octanol–water partition coefficient (Wildman–Crippen LogP) is 0.538. The van der Waals surface area contributed by atoms with E-state index in [1.54, 1.807) is 0 Å². The van der Waals surface area contributed by atoms with Crippen LogP contribution in [0.3, 0.4) is 0 Å². The first-order chi connectivity index (χ1) is 7.86. The van der Waals surface area contributed by atoms with Crippen molar-refractivity contribution in [2.75, 3.05) is 19.7 Å². The molecule has 0 radical (unpaired) electrons. The zero-order chi connectivity index (χ0) is 11.2. The summed E-state index contributed by atoms with van der Waals surface area (Å²) in [4.78, 5) is 17.7. The van der Waals surface area contributed by atoms with Crippen LogP contribution in [-0.2, 0) is 0 Å². The molecule has 0 aliphatic carbocycles. The van der Waals surface area contributed by atoms with Crippen LogP contribution in [0.4, 0.5) is 0 Å². The van der Waals surface area contributed by atoms with Gasteiger partial charge in [-0.1, -0.05) is 0 Å². The number of nitrogens with zero attached hydrogens (tertiary/aromatic N) is 1. The molecule has 88 valence electrons. The molecule has 0 amide bonds. The molecule has 5 heteroatoms. The van der Waals surface area contributed by atoms with Crippen molar-refractivity contribution in [2.45, 2.75) is 19.3 Å². The Morgan fingerprint density at radius 1 is 1.56 bits per heavy atom. The zero-order valence-corrected chi connectivity index (χ0v) is 9.24. The number of ether oxygens (including phenoxy) is 1. The Labute approximate surface area is 94.2 Å². The van der Waals surface area contributed by atoms with E-state index in [0.29, 0.717) is 12.5 Å². The Kier molecular flexibility index (Phi) is 3.93. The summed E-state index contributed by atoms with van der Waals surface area (Å²) in [5, 5.41) is 3.36. The van der Waals surface area contributed by atoms with Gasteiger partial charge in [0.25, 0.3) is 5.88 Å². The number of piperidine rings is 1. The first-order valence-corrected chi connectivity index (χ1v) is 5.73. The Morgan fingerprint density at radius 2 is 2.50 bits per heavy atom. The molecule has 2 N–H and O–H groups in total. The molecule has 1 atom stereocenters. The molecule has 1 saturated heterocycles.